The van der Waals surface area contributed by atoms with Gasteiger partial charge >= 0.3 is 0 Å². The first-order chi connectivity index (χ1) is 14.2. The summed E-state index contributed by atoms with van der Waals surface area (Å²) in [4.78, 5) is 27.2. The van der Waals surface area contributed by atoms with Crippen LogP contribution in [0.4, 0.5) is 0 Å². The van der Waals surface area contributed by atoms with Crippen molar-refractivity contribution in [2.24, 2.45) is 0 Å². The van der Waals surface area contributed by atoms with Gasteiger partial charge in [-0.2, -0.15) is 0 Å². The fourth-order valence-electron chi connectivity index (χ4n) is 3.11. The topological polar surface area (TPSA) is 71.2 Å². The minimum absolute atomic E-state index is 0.203. The van der Waals surface area contributed by atoms with Crippen LogP contribution in [0.3, 0.4) is 0 Å². The molecular weight excluding hydrogens is 364 g/mol. The number of rotatable bonds is 6. The van der Waals surface area contributed by atoms with Gasteiger partial charge in [0.15, 0.2) is 0 Å². The highest BCUT2D eigenvalue weighted by Crippen LogP contribution is 2.15. The molecule has 2 N–H and O–H groups in total. The Hall–Kier alpha value is -3.86. The van der Waals surface area contributed by atoms with E-state index in [0.717, 1.165) is 16.9 Å². The summed E-state index contributed by atoms with van der Waals surface area (Å²) in [5.41, 5.74) is 2.28. The minimum Gasteiger partial charge on any atom is -0.489 e. The molecule has 5 heteroatoms. The Morgan fingerprint density at radius 2 is 1.48 bits per heavy atom. The predicted molar refractivity (Wildman–Crippen MR) is 113 cm³/mol. The van der Waals surface area contributed by atoms with Gasteiger partial charge in [0.2, 0.25) is 0 Å². The fraction of sp³-hybridized carbons (Fsp3) is 0.0833. The smallest absolute Gasteiger partial charge is 0.255 e. The van der Waals surface area contributed by atoms with E-state index >= 15 is 0 Å². The van der Waals surface area contributed by atoms with Crippen LogP contribution in [0, 0.1) is 0 Å². The van der Waals surface area contributed by atoms with E-state index in [2.05, 4.69) is 10.3 Å². The van der Waals surface area contributed by atoms with Crippen molar-refractivity contribution in [3.05, 3.63) is 112 Å². The van der Waals surface area contributed by atoms with E-state index in [1.807, 2.05) is 60.7 Å². The van der Waals surface area contributed by atoms with Gasteiger partial charge < -0.3 is 15.0 Å². The van der Waals surface area contributed by atoms with Gasteiger partial charge in [-0.3, -0.25) is 9.59 Å². The summed E-state index contributed by atoms with van der Waals surface area (Å²) in [5.74, 6) is 0.603. The van der Waals surface area contributed by atoms with Crippen molar-refractivity contribution in [2.75, 3.05) is 0 Å². The van der Waals surface area contributed by atoms with Gasteiger partial charge in [0.1, 0.15) is 12.4 Å². The summed E-state index contributed by atoms with van der Waals surface area (Å²) in [6.07, 6.45) is 1.46. The molecule has 144 valence electrons. The van der Waals surface area contributed by atoms with Gasteiger partial charge in [0, 0.05) is 23.5 Å². The molecule has 3 aromatic carbocycles. The summed E-state index contributed by atoms with van der Waals surface area (Å²) < 4.78 is 5.74. The van der Waals surface area contributed by atoms with Crippen LogP contribution in [-0.2, 0) is 13.2 Å². The standard InChI is InChI=1S/C24H20N2O3/c27-23-21-9-5-4-8-20(21)22(15-26-23)24(28)25-14-17-10-12-18(13-11-17)16-29-19-6-2-1-3-7-19/h1-13,15H,14,16H2,(H,25,28)(H,26,27). The number of aromatic nitrogens is 1. The van der Waals surface area contributed by atoms with Gasteiger partial charge in [-0.25, -0.2) is 0 Å². The molecule has 0 bridgehead atoms. The molecule has 1 amide bonds. The van der Waals surface area contributed by atoms with Gasteiger partial charge in [-0.1, -0.05) is 60.7 Å². The molecule has 0 aliphatic rings. The third-order valence-electron chi connectivity index (χ3n) is 4.68. The number of para-hydroxylation sites is 1. The molecule has 0 radical (unpaired) electrons. The zero-order valence-corrected chi connectivity index (χ0v) is 15.7. The van der Waals surface area contributed by atoms with Crippen LogP contribution in [0.15, 0.2) is 89.9 Å². The lowest BCUT2D eigenvalue weighted by Crippen LogP contribution is -2.24. The summed E-state index contributed by atoms with van der Waals surface area (Å²) in [6, 6.07) is 24.7. The molecule has 0 aliphatic heterocycles. The molecule has 0 saturated heterocycles. The molecule has 0 saturated carbocycles. The highest BCUT2D eigenvalue weighted by Gasteiger charge is 2.11. The van der Waals surface area contributed by atoms with Crippen molar-refractivity contribution >= 4 is 16.7 Å². The Kier molecular flexibility index (Phi) is 5.38. The van der Waals surface area contributed by atoms with Crippen LogP contribution in [0.2, 0.25) is 0 Å². The Bertz CT molecular complexity index is 1180. The van der Waals surface area contributed by atoms with Crippen molar-refractivity contribution in [1.29, 1.82) is 0 Å². The van der Waals surface area contributed by atoms with Crippen molar-refractivity contribution < 1.29 is 9.53 Å². The van der Waals surface area contributed by atoms with Crippen LogP contribution in [0.25, 0.3) is 10.8 Å². The van der Waals surface area contributed by atoms with Crippen molar-refractivity contribution in [1.82, 2.24) is 10.3 Å². The second-order valence-electron chi connectivity index (χ2n) is 6.68. The Morgan fingerprint density at radius 1 is 0.828 bits per heavy atom. The number of benzene rings is 3. The van der Waals surface area contributed by atoms with Crippen LogP contribution in [0.5, 0.6) is 5.75 Å². The van der Waals surface area contributed by atoms with Crippen LogP contribution >= 0.6 is 0 Å². The molecule has 4 aromatic rings. The van der Waals surface area contributed by atoms with E-state index in [4.69, 9.17) is 4.74 Å². The number of pyridine rings is 1. The minimum atomic E-state index is -0.228. The number of aromatic amines is 1. The van der Waals surface area contributed by atoms with E-state index < -0.39 is 0 Å². The summed E-state index contributed by atoms with van der Waals surface area (Å²) >= 11 is 0. The number of nitrogens with one attached hydrogen (secondary N) is 2. The van der Waals surface area contributed by atoms with Gasteiger partial charge in [0.25, 0.3) is 11.5 Å². The van der Waals surface area contributed by atoms with E-state index in [1.165, 1.54) is 6.20 Å². The molecule has 0 atom stereocenters. The number of fused-ring (bicyclic) bond motifs is 1. The zero-order chi connectivity index (χ0) is 20.1. The van der Waals surface area contributed by atoms with Crippen LogP contribution in [0.1, 0.15) is 21.5 Å². The SMILES string of the molecule is O=C(NCc1ccc(COc2ccccc2)cc1)c1c[nH]c(=O)c2ccccc12. The first-order valence-electron chi connectivity index (χ1n) is 9.35. The highest BCUT2D eigenvalue weighted by atomic mass is 16.5. The molecule has 1 heterocycles. The maximum Gasteiger partial charge on any atom is 0.255 e. The number of hydrogen-bond acceptors (Lipinski definition) is 3. The number of ether oxygens (including phenoxy) is 1. The molecule has 5 nitrogen and oxygen atoms in total. The number of carbonyl (C=O) groups is 1. The lowest BCUT2D eigenvalue weighted by molar-refractivity contribution is 0.0952. The predicted octanol–water partition coefficient (Wildman–Crippen LogP) is 4.04. The van der Waals surface area contributed by atoms with Crippen LogP contribution in [-0.4, -0.2) is 10.9 Å². The number of hydrogen-bond donors (Lipinski definition) is 2. The number of H-pyrrole nitrogens is 1. The fourth-order valence-corrected chi connectivity index (χ4v) is 3.11. The van der Waals surface area contributed by atoms with Crippen molar-refractivity contribution in [2.45, 2.75) is 13.2 Å². The second-order valence-corrected chi connectivity index (χ2v) is 6.68. The summed E-state index contributed by atoms with van der Waals surface area (Å²) in [7, 11) is 0. The monoisotopic (exact) mass is 384 g/mol. The second kappa shape index (κ2) is 8.44. The largest absolute Gasteiger partial charge is 0.489 e. The summed E-state index contributed by atoms with van der Waals surface area (Å²) in [6.45, 7) is 0.881. The van der Waals surface area contributed by atoms with Crippen LogP contribution < -0.4 is 15.6 Å². The van der Waals surface area contributed by atoms with E-state index in [-0.39, 0.29) is 11.5 Å². The first-order valence-corrected chi connectivity index (χ1v) is 9.35. The molecular formula is C24H20N2O3. The van der Waals surface area contributed by atoms with Gasteiger partial charge in [-0.15, -0.1) is 0 Å². The molecule has 0 fully saturated rings. The van der Waals surface area contributed by atoms with Gasteiger partial charge in [-0.05, 0) is 29.3 Å². The molecule has 0 aliphatic carbocycles. The Balaban J connectivity index is 1.39. The highest BCUT2D eigenvalue weighted by molar-refractivity contribution is 6.06. The molecule has 1 aromatic heterocycles. The van der Waals surface area contributed by atoms with Gasteiger partial charge in [0.05, 0.1) is 5.56 Å². The molecule has 0 unspecified atom stereocenters. The molecule has 0 spiro atoms. The third kappa shape index (κ3) is 4.35. The average molecular weight is 384 g/mol. The van der Waals surface area contributed by atoms with E-state index in [1.54, 1.807) is 18.2 Å². The Morgan fingerprint density at radius 3 is 2.24 bits per heavy atom. The Labute approximate surface area is 168 Å². The van der Waals surface area contributed by atoms with Crippen molar-refractivity contribution in [3.8, 4) is 5.75 Å². The molecule has 4 rings (SSSR count). The normalized spacial score (nSPS) is 10.6. The maximum absolute atomic E-state index is 12.6. The average Bonchev–Trinajstić information content (AvgIpc) is 2.78. The lowest BCUT2D eigenvalue weighted by Gasteiger charge is -2.09. The maximum atomic E-state index is 12.6. The lowest BCUT2D eigenvalue weighted by atomic mass is 10.1. The quantitative estimate of drug-likeness (QED) is 0.527. The summed E-state index contributed by atoms with van der Waals surface area (Å²) in [5, 5.41) is 4.06. The first kappa shape index (κ1) is 18.5. The number of carbonyl (C=O) groups excluding carboxylic acids is 1. The number of amides is 1. The van der Waals surface area contributed by atoms with Crippen molar-refractivity contribution in [3.63, 3.8) is 0 Å². The zero-order valence-electron chi connectivity index (χ0n) is 15.7. The molecule has 29 heavy (non-hydrogen) atoms. The third-order valence-corrected chi connectivity index (χ3v) is 4.68. The van der Waals surface area contributed by atoms with E-state index in [9.17, 15) is 9.59 Å². The van der Waals surface area contributed by atoms with E-state index in [0.29, 0.717) is 29.5 Å².